The lowest BCUT2D eigenvalue weighted by Crippen LogP contribution is -2.26. The van der Waals surface area contributed by atoms with E-state index in [1.54, 1.807) is 18.2 Å². The maximum Gasteiger partial charge on any atom is 0.304 e. The molecule has 100 valence electrons. The summed E-state index contributed by atoms with van der Waals surface area (Å²) < 4.78 is 5.49. The van der Waals surface area contributed by atoms with Crippen LogP contribution < -0.4 is 4.74 Å². The van der Waals surface area contributed by atoms with Gasteiger partial charge in [0.1, 0.15) is 12.4 Å². The summed E-state index contributed by atoms with van der Waals surface area (Å²) in [6.45, 7) is 1.58. The Balaban J connectivity index is 2.30. The normalized spacial score (nSPS) is 10.7. The molecule has 0 aliphatic carbocycles. The highest BCUT2D eigenvalue weighted by atomic mass is 35.5. The molecule has 1 N–H and O–H groups in total. The molecule has 0 aromatic heterocycles. The van der Waals surface area contributed by atoms with E-state index in [2.05, 4.69) is 0 Å². The third-order valence-electron chi connectivity index (χ3n) is 2.29. The number of carbonyl (C=O) groups is 1. The number of rotatable bonds is 7. The highest BCUT2D eigenvalue weighted by Gasteiger charge is 2.03. The fourth-order valence-electron chi connectivity index (χ4n) is 1.33. The van der Waals surface area contributed by atoms with Crippen molar-refractivity contribution < 1.29 is 14.6 Å². The zero-order chi connectivity index (χ0) is 13.5. The average Bonchev–Trinajstić information content (AvgIpc) is 2.25. The first-order valence-electron chi connectivity index (χ1n) is 5.46. The second-order valence-electron chi connectivity index (χ2n) is 3.90. The molecule has 0 aliphatic rings. The first-order valence-corrected chi connectivity index (χ1v) is 6.22. The van der Waals surface area contributed by atoms with Gasteiger partial charge < -0.3 is 14.7 Å². The van der Waals surface area contributed by atoms with Gasteiger partial charge in [-0.3, -0.25) is 4.79 Å². The molecule has 0 spiro atoms. The molecule has 0 unspecified atom stereocenters. The van der Waals surface area contributed by atoms with E-state index in [1.807, 2.05) is 11.9 Å². The minimum absolute atomic E-state index is 0.124. The van der Waals surface area contributed by atoms with E-state index in [0.717, 1.165) is 0 Å². The average molecular weight is 292 g/mol. The van der Waals surface area contributed by atoms with Crippen LogP contribution in [0.4, 0.5) is 0 Å². The van der Waals surface area contributed by atoms with Crippen LogP contribution in [0.3, 0.4) is 0 Å². The van der Waals surface area contributed by atoms with Crippen LogP contribution in [0.5, 0.6) is 5.75 Å². The molecular formula is C12H15Cl2NO3. The molecule has 0 aliphatic heterocycles. The predicted molar refractivity (Wildman–Crippen MR) is 71.7 cm³/mol. The number of carboxylic acids is 1. The van der Waals surface area contributed by atoms with Gasteiger partial charge in [0, 0.05) is 23.1 Å². The fraction of sp³-hybridized carbons (Fsp3) is 0.417. The zero-order valence-electron chi connectivity index (χ0n) is 10.0. The molecular weight excluding hydrogens is 277 g/mol. The maximum absolute atomic E-state index is 10.4. The van der Waals surface area contributed by atoms with Crippen LogP contribution in [0.15, 0.2) is 18.2 Å². The van der Waals surface area contributed by atoms with Crippen molar-refractivity contribution in [2.24, 2.45) is 0 Å². The summed E-state index contributed by atoms with van der Waals surface area (Å²) in [6, 6.07) is 5.00. The minimum Gasteiger partial charge on any atom is -0.492 e. The molecule has 0 radical (unpaired) electrons. The van der Waals surface area contributed by atoms with Crippen molar-refractivity contribution in [1.29, 1.82) is 0 Å². The van der Waals surface area contributed by atoms with Crippen LogP contribution >= 0.6 is 23.2 Å². The highest BCUT2D eigenvalue weighted by Crippen LogP contribution is 2.23. The van der Waals surface area contributed by atoms with Crippen molar-refractivity contribution in [3.05, 3.63) is 28.2 Å². The Morgan fingerprint density at radius 1 is 1.28 bits per heavy atom. The monoisotopic (exact) mass is 291 g/mol. The zero-order valence-corrected chi connectivity index (χ0v) is 11.5. The first-order chi connectivity index (χ1) is 8.47. The number of likely N-dealkylation sites (N-methyl/N-ethyl adjacent to an activating group) is 1. The standard InChI is InChI=1S/C12H15Cl2NO3/c1-15(3-2-12(16)17)4-5-18-11-7-9(13)6-10(14)8-11/h6-8H,2-5H2,1H3,(H,16,17). The quantitative estimate of drug-likeness (QED) is 0.839. The van der Waals surface area contributed by atoms with Gasteiger partial charge in [0.15, 0.2) is 0 Å². The number of hydrogen-bond donors (Lipinski definition) is 1. The number of benzene rings is 1. The van der Waals surface area contributed by atoms with E-state index < -0.39 is 5.97 Å². The summed E-state index contributed by atoms with van der Waals surface area (Å²) in [7, 11) is 1.84. The Hall–Kier alpha value is -0.970. The number of halogens is 2. The smallest absolute Gasteiger partial charge is 0.304 e. The molecule has 0 bridgehead atoms. The Bertz CT molecular complexity index is 392. The van der Waals surface area contributed by atoms with Gasteiger partial charge in [0.25, 0.3) is 0 Å². The molecule has 1 aromatic rings. The second-order valence-corrected chi connectivity index (χ2v) is 4.77. The van der Waals surface area contributed by atoms with E-state index in [9.17, 15) is 4.79 Å². The van der Waals surface area contributed by atoms with Crippen LogP contribution in [0.1, 0.15) is 6.42 Å². The van der Waals surface area contributed by atoms with Gasteiger partial charge in [-0.1, -0.05) is 23.2 Å². The Morgan fingerprint density at radius 2 is 1.89 bits per heavy atom. The minimum atomic E-state index is -0.801. The lowest BCUT2D eigenvalue weighted by atomic mass is 10.3. The largest absolute Gasteiger partial charge is 0.492 e. The van der Waals surface area contributed by atoms with E-state index in [4.69, 9.17) is 33.0 Å². The van der Waals surface area contributed by atoms with E-state index >= 15 is 0 Å². The van der Waals surface area contributed by atoms with Gasteiger partial charge in [0.05, 0.1) is 6.42 Å². The molecule has 1 aromatic carbocycles. The van der Waals surface area contributed by atoms with Crippen LogP contribution in [0.25, 0.3) is 0 Å². The second kappa shape index (κ2) is 7.46. The van der Waals surface area contributed by atoms with Gasteiger partial charge in [0.2, 0.25) is 0 Å². The summed E-state index contributed by atoms with van der Waals surface area (Å²) in [4.78, 5) is 12.3. The molecule has 4 nitrogen and oxygen atoms in total. The van der Waals surface area contributed by atoms with Gasteiger partial charge >= 0.3 is 5.97 Å². The SMILES string of the molecule is CN(CCOc1cc(Cl)cc(Cl)c1)CCC(=O)O. The van der Waals surface area contributed by atoms with E-state index in [-0.39, 0.29) is 6.42 Å². The number of carboxylic acid groups (broad SMARTS) is 1. The number of ether oxygens (including phenoxy) is 1. The Kier molecular flexibility index (Phi) is 6.25. The first kappa shape index (κ1) is 15.1. The summed E-state index contributed by atoms with van der Waals surface area (Å²) in [5, 5.41) is 9.59. The van der Waals surface area contributed by atoms with Crippen molar-refractivity contribution in [2.45, 2.75) is 6.42 Å². The third-order valence-corrected chi connectivity index (χ3v) is 2.72. The van der Waals surface area contributed by atoms with Crippen LogP contribution in [0.2, 0.25) is 10.0 Å². The molecule has 0 fully saturated rings. The van der Waals surface area contributed by atoms with Crippen molar-refractivity contribution in [3.63, 3.8) is 0 Å². The summed E-state index contributed by atoms with van der Waals surface area (Å²) in [6.07, 6.45) is 0.124. The van der Waals surface area contributed by atoms with Crippen molar-refractivity contribution in [1.82, 2.24) is 4.90 Å². The topological polar surface area (TPSA) is 49.8 Å². The van der Waals surface area contributed by atoms with Gasteiger partial charge in [-0.2, -0.15) is 0 Å². The van der Waals surface area contributed by atoms with Crippen molar-refractivity contribution in [3.8, 4) is 5.75 Å². The van der Waals surface area contributed by atoms with Gasteiger partial charge in [-0.15, -0.1) is 0 Å². The van der Waals surface area contributed by atoms with Crippen molar-refractivity contribution in [2.75, 3.05) is 26.7 Å². The van der Waals surface area contributed by atoms with Gasteiger partial charge in [-0.25, -0.2) is 0 Å². The molecule has 0 amide bonds. The maximum atomic E-state index is 10.4. The highest BCUT2D eigenvalue weighted by molar-refractivity contribution is 6.34. The summed E-state index contributed by atoms with van der Waals surface area (Å²) in [5.74, 6) is -0.191. The molecule has 0 saturated carbocycles. The molecule has 0 saturated heterocycles. The van der Waals surface area contributed by atoms with Gasteiger partial charge in [-0.05, 0) is 25.2 Å². The molecule has 0 heterocycles. The van der Waals surface area contributed by atoms with Crippen LogP contribution in [-0.2, 0) is 4.79 Å². The number of hydrogen-bond acceptors (Lipinski definition) is 3. The molecule has 0 atom stereocenters. The van der Waals surface area contributed by atoms with E-state index in [0.29, 0.717) is 35.5 Å². The fourth-order valence-corrected chi connectivity index (χ4v) is 1.84. The number of aliphatic carboxylic acids is 1. The predicted octanol–water partition coefficient (Wildman–Crippen LogP) is 2.78. The van der Waals surface area contributed by atoms with E-state index in [1.165, 1.54) is 0 Å². The molecule has 1 rings (SSSR count). The summed E-state index contributed by atoms with van der Waals surface area (Å²) in [5.41, 5.74) is 0. The lowest BCUT2D eigenvalue weighted by Gasteiger charge is -2.15. The third kappa shape index (κ3) is 6.10. The number of nitrogens with zero attached hydrogens (tertiary/aromatic N) is 1. The summed E-state index contributed by atoms with van der Waals surface area (Å²) >= 11 is 11.7. The van der Waals surface area contributed by atoms with Crippen molar-refractivity contribution >= 4 is 29.2 Å². The molecule has 18 heavy (non-hydrogen) atoms. The Labute approximate surface area is 116 Å². The van der Waals surface area contributed by atoms with Crippen LogP contribution in [-0.4, -0.2) is 42.7 Å². The van der Waals surface area contributed by atoms with Crippen LogP contribution in [0, 0.1) is 0 Å². The Morgan fingerprint density at radius 3 is 2.44 bits per heavy atom. The molecule has 6 heteroatoms. The lowest BCUT2D eigenvalue weighted by molar-refractivity contribution is -0.137.